The van der Waals surface area contributed by atoms with Crippen LogP contribution < -0.4 is 5.73 Å². The van der Waals surface area contributed by atoms with E-state index in [1.54, 1.807) is 16.4 Å². The molecule has 0 radical (unpaired) electrons. The smallest absolute Gasteiger partial charge is 0.244 e. The molecule has 0 amide bonds. The average Bonchev–Trinajstić information content (AvgIpc) is 3.00. The predicted octanol–water partition coefficient (Wildman–Crippen LogP) is 3.64. The maximum atomic E-state index is 13.1. The summed E-state index contributed by atoms with van der Waals surface area (Å²) >= 11 is 7.55. The number of nitrogens with two attached hydrogens (primary N) is 1. The van der Waals surface area contributed by atoms with Gasteiger partial charge in [-0.3, -0.25) is 0 Å². The zero-order valence-electron chi connectivity index (χ0n) is 13.0. The first-order valence-corrected chi connectivity index (χ1v) is 9.79. The predicted molar refractivity (Wildman–Crippen MR) is 99.4 cm³/mol. The van der Waals surface area contributed by atoms with Crippen LogP contribution in [0, 0.1) is 12.3 Å². The summed E-state index contributed by atoms with van der Waals surface area (Å²) in [5, 5.41) is 1.27. The summed E-state index contributed by atoms with van der Waals surface area (Å²) in [4.78, 5) is 1.20. The quantitative estimate of drug-likeness (QED) is 0.863. The van der Waals surface area contributed by atoms with Crippen molar-refractivity contribution in [2.45, 2.75) is 25.2 Å². The van der Waals surface area contributed by atoms with Crippen LogP contribution in [-0.4, -0.2) is 32.4 Å². The molecular weight excluding hydrogens is 375 g/mol. The molecule has 23 heavy (non-hydrogen) atoms. The van der Waals surface area contributed by atoms with Crippen molar-refractivity contribution < 1.29 is 8.42 Å². The van der Waals surface area contributed by atoms with Gasteiger partial charge in [0.05, 0.1) is 0 Å². The highest BCUT2D eigenvalue weighted by Gasteiger charge is 2.40. The Morgan fingerprint density at radius 2 is 2.13 bits per heavy atom. The molecule has 1 aliphatic heterocycles. The van der Waals surface area contributed by atoms with Crippen LogP contribution in [0.25, 0.3) is 10.1 Å². The number of halogens is 2. The van der Waals surface area contributed by atoms with Crippen molar-refractivity contribution in [3.63, 3.8) is 0 Å². The Morgan fingerprint density at radius 3 is 2.74 bits per heavy atom. The molecule has 2 heterocycles. The number of aryl methyl sites for hydroxylation is 1. The van der Waals surface area contributed by atoms with Gasteiger partial charge in [-0.1, -0.05) is 18.5 Å². The first kappa shape index (κ1) is 19.0. The van der Waals surface area contributed by atoms with Crippen molar-refractivity contribution in [3.05, 3.63) is 28.1 Å². The van der Waals surface area contributed by atoms with Gasteiger partial charge >= 0.3 is 0 Å². The molecule has 0 aliphatic carbocycles. The maximum Gasteiger partial charge on any atom is 0.244 e. The number of hydrogen-bond acceptors (Lipinski definition) is 4. The van der Waals surface area contributed by atoms with E-state index in [4.69, 9.17) is 17.3 Å². The number of benzene rings is 1. The Labute approximate surface area is 152 Å². The van der Waals surface area contributed by atoms with Gasteiger partial charge in [0, 0.05) is 33.1 Å². The molecule has 1 fully saturated rings. The maximum absolute atomic E-state index is 13.1. The molecule has 1 atom stereocenters. The molecule has 0 saturated carbocycles. The SMILES string of the molecule is Cc1sc2ccc(Cl)cc2c1S(=O)(=O)N1CCC(C)(CN)C1.Cl. The second kappa shape index (κ2) is 6.50. The molecule has 2 aromatic rings. The van der Waals surface area contributed by atoms with Crippen LogP contribution in [0.3, 0.4) is 0 Å². The standard InChI is InChI=1S/C15H19ClN2O2S2.ClH/c1-10-14(12-7-11(16)3-4-13(12)21-10)22(19,20)18-6-5-15(2,8-17)9-18;/h3-4,7H,5-6,8-9,17H2,1-2H3;1H. The second-order valence-electron chi connectivity index (χ2n) is 6.23. The van der Waals surface area contributed by atoms with Gasteiger partial charge in [0.25, 0.3) is 0 Å². The van der Waals surface area contributed by atoms with Crippen LogP contribution in [0.15, 0.2) is 23.1 Å². The Balaban J connectivity index is 0.00000192. The average molecular weight is 395 g/mol. The van der Waals surface area contributed by atoms with Crippen LogP contribution in [0.1, 0.15) is 18.2 Å². The second-order valence-corrected chi connectivity index (χ2v) is 9.80. The summed E-state index contributed by atoms with van der Waals surface area (Å²) in [5.41, 5.74) is 5.66. The zero-order valence-corrected chi connectivity index (χ0v) is 16.2. The normalized spacial score (nSPS) is 22.4. The number of rotatable bonds is 3. The molecule has 0 spiro atoms. The van der Waals surface area contributed by atoms with E-state index in [1.807, 2.05) is 19.9 Å². The highest BCUT2D eigenvalue weighted by atomic mass is 35.5. The molecule has 1 aromatic carbocycles. The summed E-state index contributed by atoms with van der Waals surface area (Å²) < 4.78 is 28.7. The van der Waals surface area contributed by atoms with Gasteiger partial charge in [0.2, 0.25) is 10.0 Å². The van der Waals surface area contributed by atoms with Crippen molar-refractivity contribution in [3.8, 4) is 0 Å². The van der Waals surface area contributed by atoms with Crippen molar-refractivity contribution in [1.29, 1.82) is 0 Å². The molecule has 4 nitrogen and oxygen atoms in total. The van der Waals surface area contributed by atoms with Gasteiger partial charge in [-0.15, -0.1) is 23.7 Å². The van der Waals surface area contributed by atoms with Crippen LogP contribution >= 0.6 is 35.3 Å². The third-order valence-electron chi connectivity index (χ3n) is 4.38. The molecule has 1 aromatic heterocycles. The minimum Gasteiger partial charge on any atom is -0.330 e. The van der Waals surface area contributed by atoms with Crippen LogP contribution in [0.2, 0.25) is 5.02 Å². The fraction of sp³-hybridized carbons (Fsp3) is 0.467. The van der Waals surface area contributed by atoms with Crippen LogP contribution in [-0.2, 0) is 10.0 Å². The van der Waals surface area contributed by atoms with Gasteiger partial charge in [0.1, 0.15) is 4.90 Å². The van der Waals surface area contributed by atoms with E-state index >= 15 is 0 Å². The van der Waals surface area contributed by atoms with E-state index in [0.29, 0.717) is 29.6 Å². The van der Waals surface area contributed by atoms with E-state index in [0.717, 1.165) is 21.4 Å². The molecule has 0 bridgehead atoms. The van der Waals surface area contributed by atoms with Crippen molar-refractivity contribution in [2.75, 3.05) is 19.6 Å². The van der Waals surface area contributed by atoms with Crippen LogP contribution in [0.4, 0.5) is 0 Å². The lowest BCUT2D eigenvalue weighted by molar-refractivity contribution is 0.350. The Morgan fingerprint density at radius 1 is 1.43 bits per heavy atom. The van der Waals surface area contributed by atoms with Crippen molar-refractivity contribution >= 4 is 55.5 Å². The largest absolute Gasteiger partial charge is 0.330 e. The molecule has 1 unspecified atom stereocenters. The van der Waals surface area contributed by atoms with E-state index in [9.17, 15) is 8.42 Å². The lowest BCUT2D eigenvalue weighted by Crippen LogP contribution is -2.34. The Kier molecular flexibility index (Phi) is 5.36. The van der Waals surface area contributed by atoms with Gasteiger partial charge in [-0.05, 0) is 43.5 Å². The number of fused-ring (bicyclic) bond motifs is 1. The van der Waals surface area contributed by atoms with E-state index in [2.05, 4.69) is 0 Å². The summed E-state index contributed by atoms with van der Waals surface area (Å²) in [7, 11) is -3.52. The molecule has 1 aliphatic rings. The molecule has 8 heteroatoms. The van der Waals surface area contributed by atoms with Crippen LogP contribution in [0.5, 0.6) is 0 Å². The van der Waals surface area contributed by atoms with E-state index < -0.39 is 10.0 Å². The fourth-order valence-corrected chi connectivity index (χ4v) is 6.47. The molecule has 1 saturated heterocycles. The first-order chi connectivity index (χ1) is 10.3. The summed E-state index contributed by atoms with van der Waals surface area (Å²) in [5.74, 6) is 0. The summed E-state index contributed by atoms with van der Waals surface area (Å²) in [6, 6.07) is 5.41. The molecule has 2 N–H and O–H groups in total. The van der Waals surface area contributed by atoms with Crippen molar-refractivity contribution in [1.82, 2.24) is 4.31 Å². The lowest BCUT2D eigenvalue weighted by Gasteiger charge is -2.22. The summed E-state index contributed by atoms with van der Waals surface area (Å²) in [6.45, 7) is 5.38. The van der Waals surface area contributed by atoms with Gasteiger partial charge < -0.3 is 5.73 Å². The van der Waals surface area contributed by atoms with E-state index in [1.165, 1.54) is 11.3 Å². The molecule has 3 rings (SSSR count). The van der Waals surface area contributed by atoms with Gasteiger partial charge in [-0.2, -0.15) is 4.31 Å². The highest BCUT2D eigenvalue weighted by molar-refractivity contribution is 7.89. The minimum absolute atomic E-state index is 0. The minimum atomic E-state index is -3.52. The van der Waals surface area contributed by atoms with E-state index in [-0.39, 0.29) is 17.8 Å². The lowest BCUT2D eigenvalue weighted by atomic mass is 9.90. The third kappa shape index (κ3) is 3.25. The molecular formula is C15H20Cl2N2O2S2. The first-order valence-electron chi connectivity index (χ1n) is 7.16. The topological polar surface area (TPSA) is 63.4 Å². The van der Waals surface area contributed by atoms with Gasteiger partial charge in [0.15, 0.2) is 0 Å². The molecule has 128 valence electrons. The fourth-order valence-electron chi connectivity index (χ4n) is 2.97. The van der Waals surface area contributed by atoms with Gasteiger partial charge in [-0.25, -0.2) is 8.42 Å². The Bertz CT molecular complexity index is 835. The zero-order chi connectivity index (χ0) is 16.1. The number of hydrogen-bond donors (Lipinski definition) is 1. The Hall–Kier alpha value is -0.370. The number of sulfonamides is 1. The van der Waals surface area contributed by atoms with Crippen molar-refractivity contribution in [2.24, 2.45) is 11.1 Å². The monoisotopic (exact) mass is 394 g/mol. The number of thiophene rings is 1. The number of nitrogens with zero attached hydrogens (tertiary/aromatic N) is 1. The third-order valence-corrected chi connectivity index (χ3v) is 7.87. The summed E-state index contributed by atoms with van der Waals surface area (Å²) in [6.07, 6.45) is 0.796. The highest BCUT2D eigenvalue weighted by Crippen LogP contribution is 2.40.